The summed E-state index contributed by atoms with van der Waals surface area (Å²) in [7, 11) is 0. The summed E-state index contributed by atoms with van der Waals surface area (Å²) in [4.78, 5) is 13.7. The van der Waals surface area contributed by atoms with Gasteiger partial charge in [0.1, 0.15) is 0 Å². The third kappa shape index (κ3) is 2.44. The van der Waals surface area contributed by atoms with Gasteiger partial charge < -0.3 is 10.0 Å². The highest BCUT2D eigenvalue weighted by molar-refractivity contribution is 5.78. The largest absolute Gasteiger partial charge is 0.396 e. The Bertz CT molecular complexity index is 595. The maximum atomic E-state index is 11.9. The van der Waals surface area contributed by atoms with Crippen molar-refractivity contribution in [1.29, 1.82) is 0 Å². The second kappa shape index (κ2) is 5.46. The topological polar surface area (TPSA) is 58.4 Å². The van der Waals surface area contributed by atoms with Crippen molar-refractivity contribution < 1.29 is 9.90 Å². The van der Waals surface area contributed by atoms with E-state index in [1.807, 2.05) is 41.4 Å². The minimum atomic E-state index is 0.0689. The number of benzene rings is 1. The van der Waals surface area contributed by atoms with Gasteiger partial charge in [0.2, 0.25) is 5.91 Å². The van der Waals surface area contributed by atoms with Crippen LogP contribution in [0.2, 0.25) is 0 Å². The summed E-state index contributed by atoms with van der Waals surface area (Å²) in [5.41, 5.74) is 2.04. The number of rotatable bonds is 4. The molecule has 1 saturated heterocycles. The molecule has 1 aliphatic rings. The number of para-hydroxylation sites is 1. The molecule has 0 aliphatic carbocycles. The first-order valence-electron chi connectivity index (χ1n) is 6.74. The van der Waals surface area contributed by atoms with Gasteiger partial charge in [-0.05, 0) is 17.7 Å². The molecule has 1 fully saturated rings. The Hall–Kier alpha value is -2.14. The number of carbonyl (C=O) groups is 1. The van der Waals surface area contributed by atoms with Gasteiger partial charge >= 0.3 is 0 Å². The van der Waals surface area contributed by atoms with Crippen molar-refractivity contribution in [2.24, 2.45) is 5.92 Å². The molecule has 1 atom stereocenters. The lowest BCUT2D eigenvalue weighted by molar-refractivity contribution is -0.128. The third-order valence-corrected chi connectivity index (χ3v) is 3.66. The van der Waals surface area contributed by atoms with Gasteiger partial charge in [-0.3, -0.25) is 4.79 Å². The van der Waals surface area contributed by atoms with Gasteiger partial charge in [-0.25, -0.2) is 4.68 Å². The maximum Gasteiger partial charge on any atom is 0.223 e. The van der Waals surface area contributed by atoms with Gasteiger partial charge in [-0.1, -0.05) is 18.2 Å². The summed E-state index contributed by atoms with van der Waals surface area (Å²) >= 11 is 0. The molecular formula is C15H17N3O2. The third-order valence-electron chi connectivity index (χ3n) is 3.66. The second-order valence-corrected chi connectivity index (χ2v) is 5.11. The smallest absolute Gasteiger partial charge is 0.223 e. The van der Waals surface area contributed by atoms with Crippen LogP contribution in [0.3, 0.4) is 0 Å². The molecule has 1 N–H and O–H groups in total. The molecule has 2 aromatic rings. The van der Waals surface area contributed by atoms with Crippen LogP contribution >= 0.6 is 0 Å². The van der Waals surface area contributed by atoms with Crippen molar-refractivity contribution in [2.75, 3.05) is 13.2 Å². The van der Waals surface area contributed by atoms with Crippen LogP contribution in [-0.2, 0) is 11.3 Å². The van der Waals surface area contributed by atoms with E-state index in [2.05, 4.69) is 5.10 Å². The lowest BCUT2D eigenvalue weighted by Crippen LogP contribution is -2.25. The van der Waals surface area contributed by atoms with E-state index in [9.17, 15) is 9.90 Å². The highest BCUT2D eigenvalue weighted by Crippen LogP contribution is 2.22. The molecule has 1 aliphatic heterocycles. The number of aliphatic hydroxyl groups excluding tert-OH is 1. The Balaban J connectivity index is 1.83. The maximum absolute atomic E-state index is 11.9. The van der Waals surface area contributed by atoms with Crippen LogP contribution < -0.4 is 0 Å². The van der Waals surface area contributed by atoms with E-state index >= 15 is 0 Å². The van der Waals surface area contributed by atoms with E-state index in [0.717, 1.165) is 11.3 Å². The second-order valence-electron chi connectivity index (χ2n) is 5.11. The van der Waals surface area contributed by atoms with Gasteiger partial charge in [0.05, 0.1) is 5.69 Å². The minimum Gasteiger partial charge on any atom is -0.396 e. The molecule has 0 saturated carbocycles. The summed E-state index contributed by atoms with van der Waals surface area (Å²) in [6.07, 6.45) is 4.07. The van der Waals surface area contributed by atoms with Crippen LogP contribution in [-0.4, -0.2) is 38.8 Å². The standard InChI is InChI=1S/C15H17N3O2/c19-11-12-8-15(20)17(9-12)10-13-4-1-2-5-14(13)18-7-3-6-16-18/h1-7,12,19H,8-11H2. The van der Waals surface area contributed by atoms with Crippen LogP contribution in [0.15, 0.2) is 42.7 Å². The summed E-state index contributed by atoms with van der Waals surface area (Å²) in [6.45, 7) is 1.26. The number of amides is 1. The summed E-state index contributed by atoms with van der Waals surface area (Å²) in [5, 5.41) is 13.4. The van der Waals surface area contributed by atoms with E-state index in [-0.39, 0.29) is 18.4 Å². The molecule has 5 heteroatoms. The zero-order valence-corrected chi connectivity index (χ0v) is 11.1. The van der Waals surface area contributed by atoms with Gasteiger partial charge in [0.25, 0.3) is 0 Å². The quantitative estimate of drug-likeness (QED) is 0.909. The SMILES string of the molecule is O=C1CC(CO)CN1Cc1ccccc1-n1cccn1. The first-order chi connectivity index (χ1) is 9.78. The van der Waals surface area contributed by atoms with Crippen molar-refractivity contribution in [3.05, 3.63) is 48.3 Å². The lowest BCUT2D eigenvalue weighted by atomic mass is 10.1. The van der Waals surface area contributed by atoms with Gasteiger partial charge in [-0.15, -0.1) is 0 Å². The fourth-order valence-electron chi connectivity index (χ4n) is 2.61. The molecule has 20 heavy (non-hydrogen) atoms. The molecule has 0 bridgehead atoms. The van der Waals surface area contributed by atoms with Crippen molar-refractivity contribution >= 4 is 5.91 Å². The Morgan fingerprint density at radius 2 is 2.15 bits per heavy atom. The highest BCUT2D eigenvalue weighted by Gasteiger charge is 2.29. The fraction of sp³-hybridized carbons (Fsp3) is 0.333. The summed E-state index contributed by atoms with van der Waals surface area (Å²) in [5.74, 6) is 0.179. The van der Waals surface area contributed by atoms with Crippen LogP contribution in [0, 0.1) is 5.92 Å². The molecule has 5 nitrogen and oxygen atoms in total. The average Bonchev–Trinajstić information content (AvgIpc) is 3.10. The number of nitrogens with zero attached hydrogens (tertiary/aromatic N) is 3. The molecule has 104 valence electrons. The molecule has 2 heterocycles. The first-order valence-corrected chi connectivity index (χ1v) is 6.74. The zero-order chi connectivity index (χ0) is 13.9. The van der Waals surface area contributed by atoms with E-state index in [1.165, 1.54) is 0 Å². The minimum absolute atomic E-state index is 0.0689. The van der Waals surface area contributed by atoms with Gasteiger partial charge in [0.15, 0.2) is 0 Å². The monoisotopic (exact) mass is 271 g/mol. The van der Waals surface area contributed by atoms with E-state index < -0.39 is 0 Å². The van der Waals surface area contributed by atoms with Crippen LogP contribution in [0.4, 0.5) is 0 Å². The molecule has 0 spiro atoms. The van der Waals surface area contributed by atoms with Crippen molar-refractivity contribution in [2.45, 2.75) is 13.0 Å². The number of likely N-dealkylation sites (tertiary alicyclic amines) is 1. The number of aliphatic hydroxyl groups is 1. The predicted octanol–water partition coefficient (Wildman–Crippen LogP) is 1.21. The highest BCUT2D eigenvalue weighted by atomic mass is 16.3. The Morgan fingerprint density at radius 1 is 1.30 bits per heavy atom. The van der Waals surface area contributed by atoms with Crippen molar-refractivity contribution in [3.8, 4) is 5.69 Å². The van der Waals surface area contributed by atoms with Crippen LogP contribution in [0.5, 0.6) is 0 Å². The van der Waals surface area contributed by atoms with Gasteiger partial charge in [0, 0.05) is 44.4 Å². The predicted molar refractivity (Wildman–Crippen MR) is 74.2 cm³/mol. The normalized spacial score (nSPS) is 18.8. The van der Waals surface area contributed by atoms with Gasteiger partial charge in [-0.2, -0.15) is 5.10 Å². The summed E-state index contributed by atoms with van der Waals surface area (Å²) in [6, 6.07) is 9.80. The molecule has 0 radical (unpaired) electrons. The first kappa shape index (κ1) is 12.9. The average molecular weight is 271 g/mol. The molecular weight excluding hydrogens is 254 g/mol. The van der Waals surface area contributed by atoms with Crippen LogP contribution in [0.1, 0.15) is 12.0 Å². The van der Waals surface area contributed by atoms with Crippen LogP contribution in [0.25, 0.3) is 5.69 Å². The Labute approximate surface area is 117 Å². The Morgan fingerprint density at radius 3 is 2.85 bits per heavy atom. The molecule has 1 amide bonds. The van der Waals surface area contributed by atoms with E-state index in [4.69, 9.17) is 0 Å². The summed E-state index contributed by atoms with van der Waals surface area (Å²) < 4.78 is 1.80. The molecule has 1 aromatic heterocycles. The number of carbonyl (C=O) groups excluding carboxylic acids is 1. The van der Waals surface area contributed by atoms with E-state index in [1.54, 1.807) is 10.9 Å². The molecule has 1 unspecified atom stereocenters. The van der Waals surface area contributed by atoms with Crippen molar-refractivity contribution in [1.82, 2.24) is 14.7 Å². The molecule has 1 aromatic carbocycles. The number of hydrogen-bond acceptors (Lipinski definition) is 3. The number of hydrogen-bond donors (Lipinski definition) is 1. The lowest BCUT2D eigenvalue weighted by Gasteiger charge is -2.18. The zero-order valence-electron chi connectivity index (χ0n) is 11.1. The Kier molecular flexibility index (Phi) is 3.52. The van der Waals surface area contributed by atoms with E-state index in [0.29, 0.717) is 19.5 Å². The fourth-order valence-corrected chi connectivity index (χ4v) is 2.61. The van der Waals surface area contributed by atoms with Crippen molar-refractivity contribution in [3.63, 3.8) is 0 Å². The number of aromatic nitrogens is 2. The molecule has 3 rings (SSSR count).